The molecule has 3 aromatic rings. The molecule has 0 heterocycles. The maximum absolute atomic E-state index is 13.6. The Morgan fingerprint density at radius 3 is 2.40 bits per heavy atom. The van der Waals surface area contributed by atoms with Crippen LogP contribution in [-0.4, -0.2) is 35.1 Å². The van der Waals surface area contributed by atoms with Crippen LogP contribution in [-0.2, 0) is 28.3 Å². The van der Waals surface area contributed by atoms with Crippen LogP contribution in [0.25, 0.3) is 0 Å². The van der Waals surface area contributed by atoms with Crippen LogP contribution in [0.4, 0.5) is 0 Å². The van der Waals surface area contributed by atoms with Gasteiger partial charge in [-0.2, -0.15) is 0 Å². The molecule has 35 heavy (non-hydrogen) atoms. The first kappa shape index (κ1) is 27.0. The Balaban J connectivity index is 1.84. The van der Waals surface area contributed by atoms with Crippen LogP contribution in [0.2, 0.25) is 0 Å². The minimum absolute atomic E-state index is 0.0314. The van der Waals surface area contributed by atoms with Crippen LogP contribution in [0.5, 0.6) is 0 Å². The van der Waals surface area contributed by atoms with Gasteiger partial charge in [0.05, 0.1) is 5.75 Å². The summed E-state index contributed by atoms with van der Waals surface area (Å²) in [5.41, 5.74) is 4.46. The smallest absolute Gasteiger partial charge is 0.243 e. The van der Waals surface area contributed by atoms with Gasteiger partial charge in [0.15, 0.2) is 0 Å². The molecule has 0 spiro atoms. The lowest BCUT2D eigenvalue weighted by molar-refractivity contribution is -0.139. The van der Waals surface area contributed by atoms with E-state index in [1.807, 2.05) is 73.7 Å². The van der Waals surface area contributed by atoms with Gasteiger partial charge >= 0.3 is 0 Å². The van der Waals surface area contributed by atoms with Gasteiger partial charge in [-0.05, 0) is 47.7 Å². The molecule has 0 fully saturated rings. The molecule has 0 aliphatic carbocycles. The molecule has 0 aliphatic heterocycles. The van der Waals surface area contributed by atoms with Crippen molar-refractivity contribution in [1.29, 1.82) is 0 Å². The fourth-order valence-corrected chi connectivity index (χ4v) is 5.29. The topological polar surface area (TPSA) is 49.4 Å². The number of halogens is 1. The van der Waals surface area contributed by atoms with Crippen molar-refractivity contribution in [1.82, 2.24) is 10.2 Å². The molecule has 4 nitrogen and oxygen atoms in total. The quantitative estimate of drug-likeness (QED) is 0.293. The lowest BCUT2D eigenvalue weighted by Crippen LogP contribution is -2.51. The standard InChI is InChI=1S/C29H33BrN2O2S/c1-3-16-31-29(34)27(18-23-11-5-4-6-12-23)32(19-24-13-9-15-26(30)17-24)28(33)21-35-20-25-14-8-7-10-22(25)2/h4-15,17,27H,3,16,18-21H2,1-2H3,(H,31,34). The second kappa shape index (κ2) is 14.1. The van der Waals surface area contributed by atoms with E-state index in [0.29, 0.717) is 25.3 Å². The highest BCUT2D eigenvalue weighted by Gasteiger charge is 2.30. The Hall–Kier alpha value is -2.57. The van der Waals surface area contributed by atoms with Crippen molar-refractivity contribution in [2.24, 2.45) is 0 Å². The average Bonchev–Trinajstić information content (AvgIpc) is 2.86. The van der Waals surface area contributed by atoms with Crippen LogP contribution < -0.4 is 5.32 Å². The number of hydrogen-bond acceptors (Lipinski definition) is 3. The Morgan fingerprint density at radius 1 is 0.971 bits per heavy atom. The Labute approximate surface area is 221 Å². The molecule has 2 amide bonds. The van der Waals surface area contributed by atoms with Gasteiger partial charge in [0.25, 0.3) is 0 Å². The largest absolute Gasteiger partial charge is 0.354 e. The number of aryl methyl sites for hydroxylation is 1. The van der Waals surface area contributed by atoms with E-state index >= 15 is 0 Å². The zero-order valence-electron chi connectivity index (χ0n) is 20.4. The van der Waals surface area contributed by atoms with E-state index in [0.717, 1.165) is 27.8 Å². The third-order valence-corrected chi connectivity index (χ3v) is 7.27. The maximum atomic E-state index is 13.6. The Kier molecular flexibility index (Phi) is 10.9. The molecule has 0 aliphatic rings. The molecular weight excluding hydrogens is 520 g/mol. The zero-order valence-corrected chi connectivity index (χ0v) is 22.8. The van der Waals surface area contributed by atoms with E-state index in [1.54, 1.807) is 16.7 Å². The first-order chi connectivity index (χ1) is 17.0. The highest BCUT2D eigenvalue weighted by molar-refractivity contribution is 9.10. The van der Waals surface area contributed by atoms with Crippen molar-refractivity contribution in [3.63, 3.8) is 0 Å². The second-order valence-electron chi connectivity index (χ2n) is 8.57. The van der Waals surface area contributed by atoms with E-state index < -0.39 is 6.04 Å². The third kappa shape index (κ3) is 8.55. The molecule has 3 rings (SSSR count). The second-order valence-corrected chi connectivity index (χ2v) is 10.5. The number of nitrogens with zero attached hydrogens (tertiary/aromatic N) is 1. The van der Waals surface area contributed by atoms with E-state index in [9.17, 15) is 9.59 Å². The molecule has 0 bridgehead atoms. The van der Waals surface area contributed by atoms with Crippen molar-refractivity contribution in [2.75, 3.05) is 12.3 Å². The number of nitrogens with one attached hydrogen (secondary N) is 1. The zero-order chi connectivity index (χ0) is 25.0. The Morgan fingerprint density at radius 2 is 1.69 bits per heavy atom. The van der Waals surface area contributed by atoms with Gasteiger partial charge in [0.1, 0.15) is 6.04 Å². The van der Waals surface area contributed by atoms with E-state index in [4.69, 9.17) is 0 Å². The number of carbonyl (C=O) groups excluding carboxylic acids is 2. The number of amides is 2. The SMILES string of the molecule is CCCNC(=O)C(Cc1ccccc1)N(Cc1cccc(Br)c1)C(=O)CSCc1ccccc1C. The van der Waals surface area contributed by atoms with Crippen molar-refractivity contribution in [3.05, 3.63) is 106 Å². The fraction of sp³-hybridized carbons (Fsp3) is 0.310. The third-order valence-electron chi connectivity index (χ3n) is 5.81. The molecule has 1 atom stereocenters. The fourth-order valence-electron chi connectivity index (χ4n) is 3.86. The van der Waals surface area contributed by atoms with Crippen molar-refractivity contribution < 1.29 is 9.59 Å². The van der Waals surface area contributed by atoms with Crippen LogP contribution in [0.15, 0.2) is 83.3 Å². The van der Waals surface area contributed by atoms with Gasteiger partial charge < -0.3 is 10.2 Å². The normalized spacial score (nSPS) is 11.6. The van der Waals surface area contributed by atoms with E-state index in [1.165, 1.54) is 11.1 Å². The molecule has 0 radical (unpaired) electrons. The number of carbonyl (C=O) groups is 2. The predicted octanol–water partition coefficient (Wildman–Crippen LogP) is 6.16. The summed E-state index contributed by atoms with van der Waals surface area (Å²) in [5, 5.41) is 3.03. The average molecular weight is 554 g/mol. The van der Waals surface area contributed by atoms with Gasteiger partial charge in [-0.15, -0.1) is 11.8 Å². The minimum atomic E-state index is -0.588. The number of hydrogen-bond donors (Lipinski definition) is 1. The first-order valence-electron chi connectivity index (χ1n) is 12.0. The molecule has 184 valence electrons. The summed E-state index contributed by atoms with van der Waals surface area (Å²) in [7, 11) is 0. The van der Waals surface area contributed by atoms with Crippen LogP contribution >= 0.6 is 27.7 Å². The lowest BCUT2D eigenvalue weighted by Gasteiger charge is -2.31. The van der Waals surface area contributed by atoms with Gasteiger partial charge in [-0.3, -0.25) is 9.59 Å². The van der Waals surface area contributed by atoms with E-state index in [2.05, 4.69) is 40.3 Å². The number of rotatable bonds is 12. The number of benzene rings is 3. The summed E-state index contributed by atoms with van der Waals surface area (Å²) < 4.78 is 0.950. The Bertz CT molecular complexity index is 1110. The molecule has 0 saturated carbocycles. The molecule has 3 aromatic carbocycles. The highest BCUT2D eigenvalue weighted by Crippen LogP contribution is 2.21. The predicted molar refractivity (Wildman–Crippen MR) is 149 cm³/mol. The van der Waals surface area contributed by atoms with Crippen LogP contribution in [0.1, 0.15) is 35.6 Å². The van der Waals surface area contributed by atoms with Gasteiger partial charge in [-0.1, -0.05) is 89.6 Å². The first-order valence-corrected chi connectivity index (χ1v) is 13.9. The van der Waals surface area contributed by atoms with Crippen molar-refractivity contribution in [3.8, 4) is 0 Å². The van der Waals surface area contributed by atoms with Gasteiger partial charge in [0, 0.05) is 29.7 Å². The summed E-state index contributed by atoms with van der Waals surface area (Å²) in [6.45, 7) is 5.08. The van der Waals surface area contributed by atoms with Gasteiger partial charge in [0.2, 0.25) is 11.8 Å². The van der Waals surface area contributed by atoms with Crippen molar-refractivity contribution in [2.45, 2.75) is 45.0 Å². The maximum Gasteiger partial charge on any atom is 0.243 e. The lowest BCUT2D eigenvalue weighted by atomic mass is 10.0. The van der Waals surface area contributed by atoms with Crippen molar-refractivity contribution >= 4 is 39.5 Å². The minimum Gasteiger partial charge on any atom is -0.354 e. The summed E-state index contributed by atoms with van der Waals surface area (Å²) in [5.74, 6) is 0.933. The molecule has 1 N–H and O–H groups in total. The van der Waals surface area contributed by atoms with Crippen LogP contribution in [0, 0.1) is 6.92 Å². The molecule has 0 saturated heterocycles. The van der Waals surface area contributed by atoms with Crippen LogP contribution in [0.3, 0.4) is 0 Å². The molecule has 0 aromatic heterocycles. The molecule has 6 heteroatoms. The summed E-state index contributed by atoms with van der Waals surface area (Å²) >= 11 is 5.12. The summed E-state index contributed by atoms with van der Waals surface area (Å²) in [4.78, 5) is 28.7. The summed E-state index contributed by atoms with van der Waals surface area (Å²) in [6, 6.07) is 25.5. The number of thioether (sulfide) groups is 1. The summed E-state index contributed by atoms with van der Waals surface area (Å²) in [6.07, 6.45) is 1.31. The monoisotopic (exact) mass is 552 g/mol. The highest BCUT2D eigenvalue weighted by atomic mass is 79.9. The van der Waals surface area contributed by atoms with E-state index in [-0.39, 0.29) is 11.8 Å². The molecular formula is C29H33BrN2O2S. The van der Waals surface area contributed by atoms with Gasteiger partial charge in [-0.25, -0.2) is 0 Å². The molecule has 1 unspecified atom stereocenters.